The van der Waals surface area contributed by atoms with Crippen molar-refractivity contribution in [1.82, 2.24) is 34.8 Å². The lowest BCUT2D eigenvalue weighted by Gasteiger charge is -2.33. The number of thiazole rings is 1. The van der Waals surface area contributed by atoms with E-state index in [0.29, 0.717) is 23.7 Å². The first-order chi connectivity index (χ1) is 15.3. The standard InChI is InChI=1S/C22H17N7OS/c30-22(17-11-24-21(31-17)16-7-3-4-9-23-16)29-10-8-15-18(26-12-25-15)19(29)20-27-13-5-1-2-6-14(13)28-20/h1-7,9,11-12,19H,8,10H2,(H,25,26)(H,27,28)/t19-/m0/s1. The van der Waals surface area contributed by atoms with E-state index in [1.54, 1.807) is 18.7 Å². The molecule has 0 spiro atoms. The van der Waals surface area contributed by atoms with Gasteiger partial charge in [0.05, 0.1) is 34.9 Å². The highest BCUT2D eigenvalue weighted by Gasteiger charge is 2.37. The van der Waals surface area contributed by atoms with E-state index in [9.17, 15) is 4.79 Å². The Hall–Kier alpha value is -3.85. The number of amides is 1. The molecule has 6 rings (SSSR count). The molecule has 1 aliphatic rings. The average molecular weight is 427 g/mol. The Morgan fingerprint density at radius 2 is 2.00 bits per heavy atom. The summed E-state index contributed by atoms with van der Waals surface area (Å²) >= 11 is 1.35. The lowest BCUT2D eigenvalue weighted by molar-refractivity contribution is 0.0689. The Bertz CT molecular complexity index is 1350. The number of benzene rings is 1. The van der Waals surface area contributed by atoms with E-state index in [-0.39, 0.29) is 5.91 Å². The second-order valence-electron chi connectivity index (χ2n) is 7.30. The van der Waals surface area contributed by atoms with Gasteiger partial charge in [0.25, 0.3) is 5.91 Å². The first kappa shape index (κ1) is 18.0. The van der Waals surface area contributed by atoms with E-state index in [2.05, 4.69) is 24.9 Å². The fraction of sp³-hybridized carbons (Fsp3) is 0.136. The Morgan fingerprint density at radius 1 is 1.10 bits per heavy atom. The summed E-state index contributed by atoms with van der Waals surface area (Å²) in [4.78, 5) is 40.6. The minimum absolute atomic E-state index is 0.0845. The molecule has 9 heteroatoms. The molecule has 1 aromatic carbocycles. The topological polar surface area (TPSA) is 103 Å². The van der Waals surface area contributed by atoms with Gasteiger partial charge in [-0.1, -0.05) is 18.2 Å². The van der Waals surface area contributed by atoms with Crippen LogP contribution in [0.1, 0.15) is 32.9 Å². The van der Waals surface area contributed by atoms with Gasteiger partial charge in [0, 0.05) is 24.9 Å². The summed E-state index contributed by atoms with van der Waals surface area (Å²) < 4.78 is 0. The quantitative estimate of drug-likeness (QED) is 0.458. The second kappa shape index (κ2) is 7.13. The molecule has 0 bridgehead atoms. The molecule has 31 heavy (non-hydrogen) atoms. The number of hydrogen-bond donors (Lipinski definition) is 2. The molecule has 0 fully saturated rings. The highest BCUT2D eigenvalue weighted by Crippen LogP contribution is 2.35. The van der Waals surface area contributed by atoms with Crippen LogP contribution in [0.4, 0.5) is 0 Å². The number of para-hydroxylation sites is 2. The number of carbonyl (C=O) groups is 1. The van der Waals surface area contributed by atoms with E-state index in [1.807, 2.05) is 47.4 Å². The molecular weight excluding hydrogens is 410 g/mol. The lowest BCUT2D eigenvalue weighted by atomic mass is 10.0. The predicted octanol–water partition coefficient (Wildman–Crippen LogP) is 3.59. The molecule has 0 aliphatic carbocycles. The van der Waals surface area contributed by atoms with Crippen molar-refractivity contribution in [3.05, 3.63) is 83.3 Å². The van der Waals surface area contributed by atoms with Crippen LogP contribution in [0, 0.1) is 0 Å². The van der Waals surface area contributed by atoms with Crippen LogP contribution in [0.15, 0.2) is 61.2 Å². The monoisotopic (exact) mass is 427 g/mol. The van der Waals surface area contributed by atoms with Gasteiger partial charge in [-0.15, -0.1) is 11.3 Å². The number of imidazole rings is 2. The van der Waals surface area contributed by atoms with Crippen LogP contribution in [-0.4, -0.2) is 47.3 Å². The average Bonchev–Trinajstić information content (AvgIpc) is 3.57. The van der Waals surface area contributed by atoms with E-state index < -0.39 is 6.04 Å². The van der Waals surface area contributed by atoms with Crippen LogP contribution < -0.4 is 0 Å². The molecule has 5 aromatic rings. The van der Waals surface area contributed by atoms with E-state index in [4.69, 9.17) is 4.98 Å². The lowest BCUT2D eigenvalue weighted by Crippen LogP contribution is -2.41. The van der Waals surface area contributed by atoms with Gasteiger partial charge in [-0.3, -0.25) is 9.78 Å². The van der Waals surface area contributed by atoms with Crippen molar-refractivity contribution in [2.45, 2.75) is 12.5 Å². The largest absolute Gasteiger partial charge is 0.348 e. The van der Waals surface area contributed by atoms with Crippen molar-refractivity contribution in [3.8, 4) is 10.7 Å². The summed E-state index contributed by atoms with van der Waals surface area (Å²) in [6.07, 6.45) is 5.75. The van der Waals surface area contributed by atoms with Gasteiger partial charge in [0.2, 0.25) is 0 Å². The molecule has 0 saturated heterocycles. The first-order valence-electron chi connectivity index (χ1n) is 9.93. The number of aromatic amines is 2. The molecule has 0 unspecified atom stereocenters. The van der Waals surface area contributed by atoms with Gasteiger partial charge in [0.15, 0.2) is 0 Å². The molecule has 8 nitrogen and oxygen atoms in total. The predicted molar refractivity (Wildman–Crippen MR) is 117 cm³/mol. The third kappa shape index (κ3) is 3.01. The number of nitrogens with one attached hydrogen (secondary N) is 2. The van der Waals surface area contributed by atoms with Crippen molar-refractivity contribution < 1.29 is 4.79 Å². The number of nitrogens with zero attached hydrogens (tertiary/aromatic N) is 5. The molecule has 1 atom stereocenters. The summed E-state index contributed by atoms with van der Waals surface area (Å²) in [7, 11) is 0. The minimum Gasteiger partial charge on any atom is -0.348 e. The normalized spacial score (nSPS) is 15.9. The van der Waals surface area contributed by atoms with Crippen molar-refractivity contribution in [2.75, 3.05) is 6.54 Å². The van der Waals surface area contributed by atoms with Gasteiger partial charge in [-0.05, 0) is 24.3 Å². The van der Waals surface area contributed by atoms with Crippen LogP contribution >= 0.6 is 11.3 Å². The van der Waals surface area contributed by atoms with Gasteiger partial charge < -0.3 is 14.9 Å². The fourth-order valence-corrected chi connectivity index (χ4v) is 4.85. The van der Waals surface area contributed by atoms with Crippen LogP contribution in [0.25, 0.3) is 21.7 Å². The molecule has 152 valence electrons. The highest BCUT2D eigenvalue weighted by molar-refractivity contribution is 7.16. The molecule has 2 N–H and O–H groups in total. The Balaban J connectivity index is 1.40. The molecule has 0 radical (unpaired) electrons. The van der Waals surface area contributed by atoms with Crippen molar-refractivity contribution in [2.24, 2.45) is 0 Å². The smallest absolute Gasteiger partial charge is 0.266 e. The van der Waals surface area contributed by atoms with Crippen molar-refractivity contribution in [1.29, 1.82) is 0 Å². The van der Waals surface area contributed by atoms with Gasteiger partial charge in [0.1, 0.15) is 21.8 Å². The molecule has 0 saturated carbocycles. The summed E-state index contributed by atoms with van der Waals surface area (Å²) in [5.74, 6) is 0.621. The summed E-state index contributed by atoms with van der Waals surface area (Å²) in [5, 5.41) is 0.724. The highest BCUT2D eigenvalue weighted by atomic mass is 32.1. The van der Waals surface area contributed by atoms with E-state index >= 15 is 0 Å². The zero-order chi connectivity index (χ0) is 20.8. The maximum Gasteiger partial charge on any atom is 0.266 e. The number of H-pyrrole nitrogens is 2. The number of rotatable bonds is 3. The zero-order valence-corrected chi connectivity index (χ0v) is 17.1. The van der Waals surface area contributed by atoms with Crippen LogP contribution in [0.3, 0.4) is 0 Å². The first-order valence-corrected chi connectivity index (χ1v) is 10.7. The number of hydrogen-bond acceptors (Lipinski definition) is 6. The molecule has 1 amide bonds. The maximum atomic E-state index is 13.6. The van der Waals surface area contributed by atoms with Gasteiger partial charge in [-0.2, -0.15) is 0 Å². The van der Waals surface area contributed by atoms with Crippen LogP contribution in [0.5, 0.6) is 0 Å². The van der Waals surface area contributed by atoms with E-state index in [1.165, 1.54) is 11.3 Å². The Kier molecular flexibility index (Phi) is 4.13. The number of aromatic nitrogens is 6. The van der Waals surface area contributed by atoms with Gasteiger partial charge in [-0.25, -0.2) is 15.0 Å². The zero-order valence-electron chi connectivity index (χ0n) is 16.3. The molecule has 1 aliphatic heterocycles. The Labute approximate surface area is 181 Å². The summed E-state index contributed by atoms with van der Waals surface area (Å²) in [5.41, 5.74) is 4.42. The summed E-state index contributed by atoms with van der Waals surface area (Å²) in [6.45, 7) is 0.562. The number of fused-ring (bicyclic) bond motifs is 2. The molecule has 4 aromatic heterocycles. The van der Waals surface area contributed by atoms with E-state index in [0.717, 1.165) is 33.1 Å². The van der Waals surface area contributed by atoms with Crippen LogP contribution in [0.2, 0.25) is 0 Å². The third-order valence-electron chi connectivity index (χ3n) is 5.45. The number of pyridine rings is 1. The fourth-order valence-electron chi connectivity index (χ4n) is 4.00. The van der Waals surface area contributed by atoms with Crippen molar-refractivity contribution >= 4 is 28.3 Å². The maximum absolute atomic E-state index is 13.6. The molecular formula is C22H17N7OS. The van der Waals surface area contributed by atoms with Crippen molar-refractivity contribution in [3.63, 3.8) is 0 Å². The van der Waals surface area contributed by atoms with Gasteiger partial charge >= 0.3 is 0 Å². The Morgan fingerprint density at radius 3 is 2.87 bits per heavy atom. The second-order valence-corrected chi connectivity index (χ2v) is 8.33. The molecule has 5 heterocycles. The SMILES string of the molecule is O=C(c1cnc(-c2ccccn2)s1)N1CCc2[nH]cnc2[C@H]1c1nc2ccccc2[nH]1. The minimum atomic E-state index is -0.393. The summed E-state index contributed by atoms with van der Waals surface area (Å²) in [6, 6.07) is 13.1. The third-order valence-corrected chi connectivity index (χ3v) is 6.46. The van der Waals surface area contributed by atoms with Crippen LogP contribution in [-0.2, 0) is 6.42 Å². The number of carbonyl (C=O) groups excluding carboxylic acids is 1.